The van der Waals surface area contributed by atoms with Crippen LogP contribution < -0.4 is 9.47 Å². The van der Waals surface area contributed by atoms with Crippen LogP contribution in [0.15, 0.2) is 36.4 Å². The first-order chi connectivity index (χ1) is 13.5. The van der Waals surface area contributed by atoms with Crippen molar-refractivity contribution < 1.29 is 14.6 Å². The maximum Gasteiger partial charge on any atom is 0.150 e. The molecule has 148 valence electrons. The Balaban J connectivity index is 1.80. The van der Waals surface area contributed by atoms with Crippen molar-refractivity contribution in [1.29, 1.82) is 0 Å². The Morgan fingerprint density at radius 2 is 1.82 bits per heavy atom. The van der Waals surface area contributed by atoms with Gasteiger partial charge in [-0.1, -0.05) is 17.7 Å². The van der Waals surface area contributed by atoms with Crippen LogP contribution in [0.3, 0.4) is 0 Å². The zero-order valence-electron chi connectivity index (χ0n) is 16.3. The van der Waals surface area contributed by atoms with E-state index in [9.17, 15) is 0 Å². The number of aliphatic hydroxyl groups is 1. The molecule has 0 atom stereocenters. The Morgan fingerprint density at radius 3 is 2.50 bits per heavy atom. The molecule has 3 aromatic rings. The standard InChI is InChI=1S/C22H24ClNO3S/c1-14-15(2)20(11-8-16(14)5-4-12-25)27-13-19-21(28-24-22(19)23)17-6-9-18(26-3)10-7-17/h6-11,25H,4-5,12-13H2,1-3H3. The van der Waals surface area contributed by atoms with Gasteiger partial charge in [0.2, 0.25) is 0 Å². The van der Waals surface area contributed by atoms with E-state index < -0.39 is 0 Å². The third-order valence-electron chi connectivity index (χ3n) is 4.92. The number of hydrogen-bond acceptors (Lipinski definition) is 5. The van der Waals surface area contributed by atoms with Gasteiger partial charge in [0.1, 0.15) is 23.3 Å². The summed E-state index contributed by atoms with van der Waals surface area (Å²) in [5.41, 5.74) is 5.49. The van der Waals surface area contributed by atoms with E-state index in [-0.39, 0.29) is 6.61 Å². The van der Waals surface area contributed by atoms with Gasteiger partial charge in [-0.3, -0.25) is 0 Å². The minimum absolute atomic E-state index is 0.203. The van der Waals surface area contributed by atoms with Crippen molar-refractivity contribution >= 4 is 23.1 Å². The quantitative estimate of drug-likeness (QED) is 0.518. The van der Waals surface area contributed by atoms with Gasteiger partial charge in [-0.15, -0.1) is 0 Å². The van der Waals surface area contributed by atoms with Crippen molar-refractivity contribution in [2.75, 3.05) is 13.7 Å². The summed E-state index contributed by atoms with van der Waals surface area (Å²) in [4.78, 5) is 1.00. The van der Waals surface area contributed by atoms with Crippen molar-refractivity contribution in [2.24, 2.45) is 0 Å². The number of hydrogen-bond donors (Lipinski definition) is 1. The highest BCUT2D eigenvalue weighted by atomic mass is 35.5. The third-order valence-corrected chi connectivity index (χ3v) is 6.27. The summed E-state index contributed by atoms with van der Waals surface area (Å²) in [6.45, 7) is 4.71. The number of nitrogens with zero attached hydrogens (tertiary/aromatic N) is 1. The number of benzene rings is 2. The van der Waals surface area contributed by atoms with Crippen molar-refractivity contribution in [2.45, 2.75) is 33.3 Å². The first-order valence-electron chi connectivity index (χ1n) is 9.16. The van der Waals surface area contributed by atoms with Crippen molar-refractivity contribution in [3.8, 4) is 21.9 Å². The van der Waals surface area contributed by atoms with Crippen LogP contribution in [0.2, 0.25) is 5.15 Å². The van der Waals surface area contributed by atoms with E-state index in [1.54, 1.807) is 7.11 Å². The zero-order valence-corrected chi connectivity index (χ0v) is 17.9. The fourth-order valence-corrected chi connectivity index (χ4v) is 4.18. The van der Waals surface area contributed by atoms with E-state index >= 15 is 0 Å². The Kier molecular flexibility index (Phi) is 6.94. The molecule has 0 saturated carbocycles. The summed E-state index contributed by atoms with van der Waals surface area (Å²) in [6.07, 6.45) is 1.63. The lowest BCUT2D eigenvalue weighted by Gasteiger charge is -2.15. The highest BCUT2D eigenvalue weighted by Gasteiger charge is 2.16. The van der Waals surface area contributed by atoms with Crippen LogP contribution >= 0.6 is 23.1 Å². The Labute approximate surface area is 174 Å². The van der Waals surface area contributed by atoms with Gasteiger partial charge in [-0.2, -0.15) is 4.37 Å². The fraction of sp³-hybridized carbons (Fsp3) is 0.318. The second kappa shape index (κ2) is 9.41. The molecule has 2 aromatic carbocycles. The van der Waals surface area contributed by atoms with Gasteiger partial charge >= 0.3 is 0 Å². The molecule has 4 nitrogen and oxygen atoms in total. The molecule has 0 unspecified atom stereocenters. The van der Waals surface area contributed by atoms with E-state index in [2.05, 4.69) is 24.3 Å². The lowest BCUT2D eigenvalue weighted by Crippen LogP contribution is -2.01. The van der Waals surface area contributed by atoms with Gasteiger partial charge in [0.05, 0.1) is 12.0 Å². The summed E-state index contributed by atoms with van der Waals surface area (Å²) < 4.78 is 15.7. The smallest absolute Gasteiger partial charge is 0.150 e. The maximum atomic E-state index is 9.06. The molecule has 0 saturated heterocycles. The average molecular weight is 418 g/mol. The van der Waals surface area contributed by atoms with Gasteiger partial charge in [0.15, 0.2) is 0 Å². The molecule has 0 aliphatic heterocycles. The van der Waals surface area contributed by atoms with E-state index in [1.165, 1.54) is 22.7 Å². The van der Waals surface area contributed by atoms with Crippen LogP contribution in [0.1, 0.15) is 28.7 Å². The number of halogens is 1. The highest BCUT2D eigenvalue weighted by Crippen LogP contribution is 2.35. The molecular weight excluding hydrogens is 394 g/mol. The monoisotopic (exact) mass is 417 g/mol. The number of methoxy groups -OCH3 is 1. The SMILES string of the molecule is COc1ccc(-c2snc(Cl)c2COc2ccc(CCCO)c(C)c2C)cc1. The van der Waals surface area contributed by atoms with Crippen LogP contribution in [-0.2, 0) is 13.0 Å². The molecule has 0 aliphatic rings. The topological polar surface area (TPSA) is 51.6 Å². The van der Waals surface area contributed by atoms with Gasteiger partial charge in [-0.05, 0) is 90.8 Å². The van der Waals surface area contributed by atoms with Gasteiger partial charge in [-0.25, -0.2) is 0 Å². The third kappa shape index (κ3) is 4.49. The van der Waals surface area contributed by atoms with Gasteiger partial charge in [0, 0.05) is 12.2 Å². The van der Waals surface area contributed by atoms with Crippen LogP contribution in [0, 0.1) is 13.8 Å². The number of aryl methyl sites for hydroxylation is 1. The van der Waals surface area contributed by atoms with Crippen molar-refractivity contribution in [1.82, 2.24) is 4.37 Å². The van der Waals surface area contributed by atoms with Crippen LogP contribution in [0.5, 0.6) is 11.5 Å². The minimum atomic E-state index is 0.203. The second-order valence-corrected chi connectivity index (χ2v) is 7.73. The molecule has 3 rings (SSSR count). The summed E-state index contributed by atoms with van der Waals surface area (Å²) in [7, 11) is 1.65. The van der Waals surface area contributed by atoms with E-state index in [0.29, 0.717) is 11.8 Å². The maximum absolute atomic E-state index is 9.06. The molecular formula is C22H24ClNO3S. The first kappa shape index (κ1) is 20.6. The van der Waals surface area contributed by atoms with E-state index in [0.717, 1.165) is 45.9 Å². The van der Waals surface area contributed by atoms with E-state index in [1.807, 2.05) is 30.3 Å². The predicted octanol–water partition coefficient (Wildman–Crippen LogP) is 5.59. The van der Waals surface area contributed by atoms with Crippen molar-refractivity contribution in [3.63, 3.8) is 0 Å². The van der Waals surface area contributed by atoms with Gasteiger partial charge < -0.3 is 14.6 Å². The molecule has 0 radical (unpaired) electrons. The van der Waals surface area contributed by atoms with E-state index in [4.69, 9.17) is 26.2 Å². The molecule has 0 bridgehead atoms. The Morgan fingerprint density at radius 1 is 1.07 bits per heavy atom. The first-order valence-corrected chi connectivity index (χ1v) is 10.3. The second-order valence-electron chi connectivity index (χ2n) is 6.60. The highest BCUT2D eigenvalue weighted by molar-refractivity contribution is 7.10. The molecule has 6 heteroatoms. The minimum Gasteiger partial charge on any atom is -0.497 e. The van der Waals surface area contributed by atoms with Crippen LogP contribution in [-0.4, -0.2) is 23.2 Å². The Bertz CT molecular complexity index is 938. The lowest BCUT2D eigenvalue weighted by atomic mass is 9.99. The van der Waals surface area contributed by atoms with Crippen LogP contribution in [0.25, 0.3) is 10.4 Å². The molecule has 0 spiro atoms. The number of aliphatic hydroxyl groups excluding tert-OH is 1. The van der Waals surface area contributed by atoms with Gasteiger partial charge in [0.25, 0.3) is 0 Å². The molecule has 28 heavy (non-hydrogen) atoms. The molecule has 1 heterocycles. The molecule has 1 aromatic heterocycles. The normalized spacial score (nSPS) is 10.9. The number of aromatic nitrogens is 1. The summed E-state index contributed by atoms with van der Waals surface area (Å²) >= 11 is 7.71. The predicted molar refractivity (Wildman–Crippen MR) is 115 cm³/mol. The summed E-state index contributed by atoms with van der Waals surface area (Å²) in [5, 5.41) is 9.53. The Hall–Kier alpha value is -2.08. The zero-order chi connectivity index (χ0) is 20.1. The number of ether oxygens (including phenoxy) is 2. The van der Waals surface area contributed by atoms with Crippen LogP contribution in [0.4, 0.5) is 0 Å². The largest absolute Gasteiger partial charge is 0.497 e. The molecule has 0 fully saturated rings. The summed E-state index contributed by atoms with van der Waals surface area (Å²) in [6, 6.07) is 11.9. The van der Waals surface area contributed by atoms with Crippen molar-refractivity contribution in [3.05, 3.63) is 63.8 Å². The lowest BCUT2D eigenvalue weighted by molar-refractivity contribution is 0.288. The fourth-order valence-electron chi connectivity index (χ4n) is 3.08. The molecule has 1 N–H and O–H groups in total. The summed E-state index contributed by atoms with van der Waals surface area (Å²) in [5.74, 6) is 1.65. The molecule has 0 aliphatic carbocycles. The number of rotatable bonds is 8. The molecule has 0 amide bonds. The average Bonchev–Trinajstić information content (AvgIpc) is 3.09.